The van der Waals surface area contributed by atoms with Crippen LogP contribution in [0.15, 0.2) is 0 Å². The van der Waals surface area contributed by atoms with Crippen LogP contribution in [0.25, 0.3) is 0 Å². The van der Waals surface area contributed by atoms with Gasteiger partial charge >= 0.3 is 5.97 Å². The van der Waals surface area contributed by atoms with Crippen molar-refractivity contribution >= 4 is 11.9 Å². The summed E-state index contributed by atoms with van der Waals surface area (Å²) in [5, 5.41) is 8.86. The predicted molar refractivity (Wildman–Crippen MR) is 40.3 cm³/mol. The molecule has 2 aliphatic rings. The molecule has 0 aromatic rings. The zero-order valence-electron chi connectivity index (χ0n) is 6.82. The zero-order chi connectivity index (χ0) is 9.64. The zero-order valence-corrected chi connectivity index (χ0v) is 6.82. The highest BCUT2D eigenvalue weighted by Crippen LogP contribution is 2.38. The molecule has 0 bridgehead atoms. The molecular weight excluding hydrogens is 176 g/mol. The molecule has 0 unspecified atom stereocenters. The van der Waals surface area contributed by atoms with Crippen molar-refractivity contribution < 1.29 is 19.5 Å². The molecule has 0 aromatic carbocycles. The molecule has 13 heavy (non-hydrogen) atoms. The smallest absolute Gasteiger partial charge is 0.326 e. The number of nitrogens with one attached hydrogen (secondary N) is 1. The van der Waals surface area contributed by atoms with Gasteiger partial charge in [0.2, 0.25) is 5.91 Å². The maximum Gasteiger partial charge on any atom is 0.326 e. The van der Waals surface area contributed by atoms with Crippen LogP contribution in [0.4, 0.5) is 0 Å². The maximum absolute atomic E-state index is 11.1. The molecule has 1 saturated carbocycles. The number of nitrogens with two attached hydrogens (primary N) is 1. The summed E-state index contributed by atoms with van der Waals surface area (Å²) in [5.74, 6) is -1.78. The van der Waals surface area contributed by atoms with E-state index in [9.17, 15) is 9.59 Å². The van der Waals surface area contributed by atoms with E-state index in [4.69, 9.17) is 15.7 Å². The van der Waals surface area contributed by atoms with Gasteiger partial charge in [0.25, 0.3) is 0 Å². The molecule has 6 heteroatoms. The van der Waals surface area contributed by atoms with E-state index in [-0.39, 0.29) is 12.3 Å². The molecule has 0 spiro atoms. The fourth-order valence-electron chi connectivity index (χ4n) is 1.93. The van der Waals surface area contributed by atoms with Crippen LogP contribution in [0, 0.1) is 5.92 Å². The highest BCUT2D eigenvalue weighted by Gasteiger charge is 2.58. The normalized spacial score (nSPS) is 43.0. The lowest BCUT2D eigenvalue weighted by Gasteiger charge is -2.23. The van der Waals surface area contributed by atoms with Crippen LogP contribution in [0.5, 0.6) is 0 Å². The second-order valence-electron chi connectivity index (χ2n) is 3.50. The van der Waals surface area contributed by atoms with E-state index < -0.39 is 23.5 Å². The van der Waals surface area contributed by atoms with Crippen LogP contribution in [0.2, 0.25) is 0 Å². The number of fused-ring (bicyclic) bond motifs is 1. The van der Waals surface area contributed by atoms with Crippen LogP contribution in [-0.2, 0) is 14.4 Å². The van der Waals surface area contributed by atoms with Crippen LogP contribution in [-0.4, -0.2) is 28.6 Å². The van der Waals surface area contributed by atoms with Crippen LogP contribution >= 0.6 is 0 Å². The first-order valence-electron chi connectivity index (χ1n) is 4.03. The standard InChI is InChI=1S/C7H10N2O4/c8-7(6(11)12)2-1-3-4(7)13-9-5(3)10/h3-4H,1-2,8H2,(H,9,10)(H,11,12)/t3-,4-,7-/m0/s1. The Morgan fingerprint density at radius 3 is 3.08 bits per heavy atom. The Morgan fingerprint density at radius 2 is 2.46 bits per heavy atom. The van der Waals surface area contributed by atoms with Gasteiger partial charge < -0.3 is 10.8 Å². The van der Waals surface area contributed by atoms with Gasteiger partial charge in [0.05, 0.1) is 5.92 Å². The topological polar surface area (TPSA) is 102 Å². The molecule has 1 aliphatic heterocycles. The van der Waals surface area contributed by atoms with Crippen LogP contribution < -0.4 is 11.2 Å². The van der Waals surface area contributed by atoms with Gasteiger partial charge in [-0.05, 0) is 12.8 Å². The van der Waals surface area contributed by atoms with Crippen molar-refractivity contribution in [3.8, 4) is 0 Å². The van der Waals surface area contributed by atoms with Gasteiger partial charge in [-0.1, -0.05) is 0 Å². The van der Waals surface area contributed by atoms with Gasteiger partial charge in [0.15, 0.2) is 0 Å². The van der Waals surface area contributed by atoms with E-state index in [1.165, 1.54) is 0 Å². The van der Waals surface area contributed by atoms with E-state index in [0.717, 1.165) is 0 Å². The number of carbonyl (C=O) groups is 2. The van der Waals surface area contributed by atoms with E-state index in [2.05, 4.69) is 5.48 Å². The Morgan fingerprint density at radius 1 is 1.77 bits per heavy atom. The maximum atomic E-state index is 11.1. The summed E-state index contributed by atoms with van der Waals surface area (Å²) in [7, 11) is 0. The minimum atomic E-state index is -1.41. The third-order valence-electron chi connectivity index (χ3n) is 2.76. The number of hydrogen-bond acceptors (Lipinski definition) is 4. The second-order valence-corrected chi connectivity index (χ2v) is 3.50. The summed E-state index contributed by atoms with van der Waals surface area (Å²) < 4.78 is 0. The average Bonchev–Trinajstić information content (AvgIpc) is 2.57. The molecule has 1 heterocycles. The van der Waals surface area contributed by atoms with E-state index in [0.29, 0.717) is 6.42 Å². The molecule has 0 aromatic heterocycles. The second kappa shape index (κ2) is 2.43. The van der Waals surface area contributed by atoms with Crippen molar-refractivity contribution in [2.45, 2.75) is 24.5 Å². The third kappa shape index (κ3) is 0.956. The number of carboxylic acid groups (broad SMARTS) is 1. The van der Waals surface area contributed by atoms with Crippen molar-refractivity contribution in [2.24, 2.45) is 11.7 Å². The lowest BCUT2D eigenvalue weighted by Crippen LogP contribution is -2.55. The predicted octanol–water partition coefficient (Wildman–Crippen LogP) is -1.39. The van der Waals surface area contributed by atoms with Gasteiger partial charge in [-0.25, -0.2) is 5.48 Å². The van der Waals surface area contributed by atoms with Crippen molar-refractivity contribution in [3.63, 3.8) is 0 Å². The molecule has 6 nitrogen and oxygen atoms in total. The quantitative estimate of drug-likeness (QED) is 0.468. The molecule has 4 N–H and O–H groups in total. The van der Waals surface area contributed by atoms with E-state index >= 15 is 0 Å². The molecule has 2 rings (SSSR count). The Balaban J connectivity index is 2.28. The Labute approximate surface area is 74.0 Å². The molecule has 0 radical (unpaired) electrons. The first-order valence-corrected chi connectivity index (χ1v) is 4.03. The molecule has 2 fully saturated rings. The van der Waals surface area contributed by atoms with Gasteiger partial charge in [-0.15, -0.1) is 0 Å². The minimum Gasteiger partial charge on any atom is -0.480 e. The molecular formula is C7H10N2O4. The minimum absolute atomic E-state index is 0.265. The Bertz CT molecular complexity index is 280. The molecule has 1 amide bonds. The highest BCUT2D eigenvalue weighted by molar-refractivity contribution is 5.86. The number of amides is 1. The number of rotatable bonds is 1. The van der Waals surface area contributed by atoms with Crippen LogP contribution in [0.3, 0.4) is 0 Å². The van der Waals surface area contributed by atoms with Crippen LogP contribution in [0.1, 0.15) is 12.8 Å². The monoisotopic (exact) mass is 186 g/mol. The van der Waals surface area contributed by atoms with Crippen molar-refractivity contribution in [3.05, 3.63) is 0 Å². The number of hydroxylamine groups is 1. The summed E-state index contributed by atoms with van der Waals surface area (Å²) in [4.78, 5) is 26.8. The summed E-state index contributed by atoms with van der Waals surface area (Å²) in [6.07, 6.45) is 0.0298. The fraction of sp³-hybridized carbons (Fsp3) is 0.714. The van der Waals surface area contributed by atoms with Crippen molar-refractivity contribution in [1.82, 2.24) is 5.48 Å². The van der Waals surface area contributed by atoms with Gasteiger partial charge in [0, 0.05) is 0 Å². The number of carbonyl (C=O) groups excluding carboxylic acids is 1. The fourth-order valence-corrected chi connectivity index (χ4v) is 1.93. The van der Waals surface area contributed by atoms with E-state index in [1.807, 2.05) is 0 Å². The Kier molecular flexibility index (Phi) is 1.58. The molecule has 1 aliphatic carbocycles. The number of hydrogen-bond donors (Lipinski definition) is 3. The van der Waals surface area contributed by atoms with Crippen molar-refractivity contribution in [1.29, 1.82) is 0 Å². The molecule has 3 atom stereocenters. The van der Waals surface area contributed by atoms with Gasteiger partial charge in [0.1, 0.15) is 11.6 Å². The lowest BCUT2D eigenvalue weighted by atomic mass is 9.94. The SMILES string of the molecule is N[C@@]1(C(=O)O)CC[C@@H]2C(=O)NO[C@@H]21. The van der Waals surface area contributed by atoms with Gasteiger partial charge in [-0.2, -0.15) is 0 Å². The summed E-state index contributed by atoms with van der Waals surface area (Å²) >= 11 is 0. The average molecular weight is 186 g/mol. The summed E-state index contributed by atoms with van der Waals surface area (Å²) in [5.41, 5.74) is 6.37. The largest absolute Gasteiger partial charge is 0.480 e. The summed E-state index contributed by atoms with van der Waals surface area (Å²) in [6, 6.07) is 0. The highest BCUT2D eigenvalue weighted by atomic mass is 16.7. The van der Waals surface area contributed by atoms with Crippen molar-refractivity contribution in [2.75, 3.05) is 0 Å². The number of aliphatic carboxylic acids is 1. The first kappa shape index (κ1) is 8.46. The number of carboxylic acids is 1. The molecule has 72 valence electrons. The van der Waals surface area contributed by atoms with E-state index in [1.54, 1.807) is 0 Å². The molecule has 1 saturated heterocycles. The third-order valence-corrected chi connectivity index (χ3v) is 2.76. The Hall–Kier alpha value is -1.14. The summed E-state index contributed by atoms with van der Waals surface area (Å²) in [6.45, 7) is 0. The van der Waals surface area contributed by atoms with Gasteiger partial charge in [-0.3, -0.25) is 14.4 Å². The first-order chi connectivity index (χ1) is 6.05. The lowest BCUT2D eigenvalue weighted by molar-refractivity contribution is -0.150.